The van der Waals surface area contributed by atoms with Gasteiger partial charge in [0.05, 0.1) is 35.4 Å². The number of nitrogens with two attached hydrogens (primary N) is 1. The van der Waals surface area contributed by atoms with Gasteiger partial charge < -0.3 is 26.2 Å². The third-order valence-electron chi connectivity index (χ3n) is 7.07. The first-order chi connectivity index (χ1) is 18.4. The van der Waals surface area contributed by atoms with Crippen LogP contribution >= 0.6 is 23.2 Å². The van der Waals surface area contributed by atoms with Crippen molar-refractivity contribution in [3.63, 3.8) is 0 Å². The summed E-state index contributed by atoms with van der Waals surface area (Å²) < 4.78 is 5.67. The van der Waals surface area contributed by atoms with Crippen LogP contribution in [-0.4, -0.2) is 41.7 Å². The maximum atomic E-state index is 13.4. The fourth-order valence-corrected chi connectivity index (χ4v) is 4.46. The highest BCUT2D eigenvalue weighted by atomic mass is 35.5. The van der Waals surface area contributed by atoms with Crippen LogP contribution in [0.4, 0.5) is 0 Å². The second-order valence-electron chi connectivity index (χ2n) is 10.7. The van der Waals surface area contributed by atoms with E-state index in [0.29, 0.717) is 16.6 Å². The number of nitrogens with one attached hydrogen (secondary N) is 2. The molecule has 9 heteroatoms. The van der Waals surface area contributed by atoms with Crippen molar-refractivity contribution in [3.05, 3.63) is 69.2 Å². The summed E-state index contributed by atoms with van der Waals surface area (Å²) in [7, 11) is 0. The number of halogens is 2. The molecule has 0 radical (unpaired) electrons. The van der Waals surface area contributed by atoms with Gasteiger partial charge in [0.2, 0.25) is 11.8 Å². The lowest BCUT2D eigenvalue weighted by atomic mass is 9.86. The highest BCUT2D eigenvalue weighted by molar-refractivity contribution is 6.42. The van der Waals surface area contributed by atoms with E-state index < -0.39 is 24.1 Å². The Labute approximate surface area is 242 Å². The topological polar surface area (TPSA) is 114 Å². The fraction of sp³-hybridized carbons (Fsp3) is 0.533. The molecule has 216 valence electrons. The highest BCUT2D eigenvalue weighted by Gasteiger charge is 2.32. The first-order valence-electron chi connectivity index (χ1n) is 13.5. The zero-order valence-electron chi connectivity index (χ0n) is 23.5. The first-order valence-corrected chi connectivity index (χ1v) is 14.3. The number of carbonyl (C=O) groups excluding carboxylic acids is 2. The van der Waals surface area contributed by atoms with Gasteiger partial charge in [0.15, 0.2) is 0 Å². The van der Waals surface area contributed by atoms with Gasteiger partial charge in [-0.2, -0.15) is 0 Å². The summed E-state index contributed by atoms with van der Waals surface area (Å²) in [5.74, 6) is -1.17. The van der Waals surface area contributed by atoms with Crippen molar-refractivity contribution in [2.24, 2.45) is 23.5 Å². The van der Waals surface area contributed by atoms with Gasteiger partial charge in [-0.3, -0.25) is 9.59 Å². The molecule has 0 fully saturated rings. The van der Waals surface area contributed by atoms with Crippen LogP contribution in [0.1, 0.15) is 57.2 Å². The molecule has 2 aromatic carbocycles. The largest absolute Gasteiger partial charge is 0.391 e. The molecule has 39 heavy (non-hydrogen) atoms. The normalized spacial score (nSPS) is 15.3. The number of aliphatic hydroxyl groups excluding tert-OH is 1. The molecular weight excluding hydrogens is 537 g/mol. The summed E-state index contributed by atoms with van der Waals surface area (Å²) in [6.45, 7) is 10.5. The second-order valence-corrected chi connectivity index (χ2v) is 11.5. The highest BCUT2D eigenvalue weighted by Crippen LogP contribution is 2.23. The summed E-state index contributed by atoms with van der Waals surface area (Å²) in [6, 6.07) is 11.8. The maximum Gasteiger partial charge on any atom is 0.243 e. The molecule has 2 amide bonds. The van der Waals surface area contributed by atoms with Gasteiger partial charge in [0.25, 0.3) is 0 Å². The van der Waals surface area contributed by atoms with E-state index in [2.05, 4.69) is 10.6 Å². The Bertz CT molecular complexity index is 1060. The Morgan fingerprint density at radius 1 is 1.00 bits per heavy atom. The lowest BCUT2D eigenvalue weighted by Gasteiger charge is -2.29. The zero-order valence-corrected chi connectivity index (χ0v) is 25.1. The lowest BCUT2D eigenvalue weighted by Crippen LogP contribution is -2.52. The molecule has 7 nitrogen and oxygen atoms in total. The van der Waals surface area contributed by atoms with Crippen LogP contribution in [0.5, 0.6) is 0 Å². The van der Waals surface area contributed by atoms with Crippen LogP contribution in [-0.2, 0) is 27.5 Å². The predicted molar refractivity (Wildman–Crippen MR) is 157 cm³/mol. The van der Waals surface area contributed by atoms with E-state index in [-0.39, 0.29) is 43.3 Å². The van der Waals surface area contributed by atoms with E-state index in [1.807, 2.05) is 58.9 Å². The Morgan fingerprint density at radius 3 is 2.23 bits per heavy atom. The van der Waals surface area contributed by atoms with Gasteiger partial charge in [-0.05, 0) is 48.4 Å². The molecule has 0 aliphatic heterocycles. The first kappa shape index (κ1) is 33.0. The minimum Gasteiger partial charge on any atom is -0.391 e. The number of aliphatic hydroxyl groups is 1. The molecule has 5 N–H and O–H groups in total. The van der Waals surface area contributed by atoms with E-state index >= 15 is 0 Å². The second kappa shape index (κ2) is 16.2. The van der Waals surface area contributed by atoms with E-state index in [1.165, 1.54) is 0 Å². The van der Waals surface area contributed by atoms with Gasteiger partial charge in [-0.25, -0.2) is 0 Å². The number of benzene rings is 2. The molecule has 0 spiro atoms. The molecule has 5 atom stereocenters. The smallest absolute Gasteiger partial charge is 0.243 e. The molecule has 0 aliphatic rings. The van der Waals surface area contributed by atoms with Crippen molar-refractivity contribution >= 4 is 35.0 Å². The minimum atomic E-state index is -0.964. The van der Waals surface area contributed by atoms with Crippen molar-refractivity contribution in [1.29, 1.82) is 0 Å². The summed E-state index contributed by atoms with van der Waals surface area (Å²) in [6.07, 6.45) is -0.0906. The monoisotopic (exact) mass is 579 g/mol. The van der Waals surface area contributed by atoms with Crippen molar-refractivity contribution in [1.82, 2.24) is 10.6 Å². The molecule has 0 heterocycles. The van der Waals surface area contributed by atoms with Gasteiger partial charge in [-0.15, -0.1) is 0 Å². The van der Waals surface area contributed by atoms with E-state index in [4.69, 9.17) is 33.7 Å². The summed E-state index contributed by atoms with van der Waals surface area (Å²) in [5, 5.41) is 17.6. The van der Waals surface area contributed by atoms with E-state index in [0.717, 1.165) is 23.1 Å². The van der Waals surface area contributed by atoms with Crippen LogP contribution in [0.3, 0.4) is 0 Å². The molecule has 2 rings (SSSR count). The summed E-state index contributed by atoms with van der Waals surface area (Å²) in [4.78, 5) is 26.4. The van der Waals surface area contributed by atoms with Crippen LogP contribution in [0.2, 0.25) is 10.0 Å². The Kier molecular flexibility index (Phi) is 13.7. The number of hydrogen-bond donors (Lipinski definition) is 4. The lowest BCUT2D eigenvalue weighted by molar-refractivity contribution is -0.134. The number of amides is 2. The molecule has 0 bridgehead atoms. The van der Waals surface area contributed by atoms with Gasteiger partial charge >= 0.3 is 0 Å². The van der Waals surface area contributed by atoms with Crippen molar-refractivity contribution in [2.45, 2.75) is 78.8 Å². The van der Waals surface area contributed by atoms with Crippen LogP contribution in [0.15, 0.2) is 42.5 Å². The summed E-state index contributed by atoms with van der Waals surface area (Å²) >= 11 is 12.0. The number of hydrogen-bond acceptors (Lipinski definition) is 5. The third kappa shape index (κ3) is 10.7. The number of rotatable bonds is 15. The predicted octanol–water partition coefficient (Wildman–Crippen LogP) is 5.02. The molecule has 0 aromatic heterocycles. The van der Waals surface area contributed by atoms with Crippen LogP contribution < -0.4 is 16.4 Å². The number of ether oxygens (including phenoxy) is 1. The van der Waals surface area contributed by atoms with Crippen LogP contribution in [0.25, 0.3) is 0 Å². The summed E-state index contributed by atoms with van der Waals surface area (Å²) in [5.41, 5.74) is 9.16. The third-order valence-corrected chi connectivity index (χ3v) is 7.81. The molecule has 1 unspecified atom stereocenters. The van der Waals surface area contributed by atoms with Crippen molar-refractivity contribution < 1.29 is 19.4 Å². The van der Waals surface area contributed by atoms with E-state index in [1.54, 1.807) is 18.2 Å². The number of carbonyl (C=O) groups is 2. The average molecular weight is 581 g/mol. The van der Waals surface area contributed by atoms with Crippen molar-refractivity contribution in [2.75, 3.05) is 6.61 Å². The van der Waals surface area contributed by atoms with Crippen LogP contribution in [0, 0.1) is 24.7 Å². The SMILES string of the molecule is CC[C@H](C)C(NC(=O)[C@@H](C[C@H](O)[C@@H](N)COCc1ccc(Cl)c(Cl)c1)C(C)C)C(=O)NCc1ccc(C)cc1. The number of aryl methyl sites for hydroxylation is 1. The minimum absolute atomic E-state index is 0.0678. The Hall–Kier alpha value is -2.16. The standard InChI is InChI=1S/C30H43Cl2N3O4/c1-6-20(5)28(30(38)34-15-21-9-7-19(4)8-10-21)35-29(37)23(18(2)3)14-27(36)26(33)17-39-16-22-11-12-24(31)25(32)13-22/h7-13,18,20,23,26-28,36H,6,14-17,33H2,1-5H3,(H,34,38)(H,35,37)/t20-,23-,26-,27-,28?/m0/s1. The molecule has 0 saturated carbocycles. The Morgan fingerprint density at radius 2 is 1.64 bits per heavy atom. The van der Waals surface area contributed by atoms with Crippen molar-refractivity contribution in [3.8, 4) is 0 Å². The van der Waals surface area contributed by atoms with E-state index in [9.17, 15) is 14.7 Å². The fourth-order valence-electron chi connectivity index (χ4n) is 4.14. The molecular formula is C30H43Cl2N3O4. The van der Waals surface area contributed by atoms with Gasteiger partial charge in [0, 0.05) is 12.5 Å². The zero-order chi connectivity index (χ0) is 29.1. The molecule has 0 aliphatic carbocycles. The molecule has 2 aromatic rings. The Balaban J connectivity index is 1.95. The average Bonchev–Trinajstić information content (AvgIpc) is 2.90. The molecule has 0 saturated heterocycles. The van der Waals surface area contributed by atoms with Gasteiger partial charge in [0.1, 0.15) is 6.04 Å². The quantitative estimate of drug-likeness (QED) is 0.236. The van der Waals surface area contributed by atoms with Gasteiger partial charge in [-0.1, -0.05) is 93.2 Å². The maximum absolute atomic E-state index is 13.4.